The summed E-state index contributed by atoms with van der Waals surface area (Å²) in [6.45, 7) is 3.84. The van der Waals surface area contributed by atoms with E-state index in [1.165, 1.54) is 11.3 Å². The van der Waals surface area contributed by atoms with E-state index in [4.69, 9.17) is 0 Å². The summed E-state index contributed by atoms with van der Waals surface area (Å²) < 4.78 is 1.64. The summed E-state index contributed by atoms with van der Waals surface area (Å²) in [5.41, 5.74) is 2.55. The van der Waals surface area contributed by atoms with Crippen molar-refractivity contribution in [2.45, 2.75) is 13.8 Å². The first-order valence-electron chi connectivity index (χ1n) is 4.69. The number of thiophene rings is 1. The highest BCUT2D eigenvalue weighted by Crippen LogP contribution is 2.19. The summed E-state index contributed by atoms with van der Waals surface area (Å²) in [6.07, 6.45) is 0. The summed E-state index contributed by atoms with van der Waals surface area (Å²) in [6, 6.07) is 3.78. The van der Waals surface area contributed by atoms with Gasteiger partial charge < -0.3 is 0 Å². The lowest BCUT2D eigenvalue weighted by molar-refractivity contribution is 0.103. The molecule has 0 amide bonds. The fraction of sp³-hybridized carbons (Fsp3) is 0.273. The molecule has 0 bridgehead atoms. The first-order chi connectivity index (χ1) is 7.09. The van der Waals surface area contributed by atoms with Crippen molar-refractivity contribution in [3.8, 4) is 0 Å². The Hall–Kier alpha value is -1.42. The zero-order valence-corrected chi connectivity index (χ0v) is 9.76. The Labute approximate surface area is 92.4 Å². The number of aryl methyl sites for hydroxylation is 3. The SMILES string of the molecule is Cc1cc(C(=O)c2sccc2C)n(C)n1. The van der Waals surface area contributed by atoms with Crippen molar-refractivity contribution in [1.29, 1.82) is 0 Å². The van der Waals surface area contributed by atoms with Crippen LogP contribution in [0.25, 0.3) is 0 Å². The third kappa shape index (κ3) is 1.72. The van der Waals surface area contributed by atoms with Crippen LogP contribution >= 0.6 is 11.3 Å². The quantitative estimate of drug-likeness (QED) is 0.728. The first-order valence-corrected chi connectivity index (χ1v) is 5.57. The Balaban J connectivity index is 2.45. The van der Waals surface area contributed by atoms with E-state index in [9.17, 15) is 4.79 Å². The van der Waals surface area contributed by atoms with Gasteiger partial charge in [0.25, 0.3) is 0 Å². The molecule has 2 aromatic rings. The molecule has 0 aromatic carbocycles. The molecule has 0 N–H and O–H groups in total. The van der Waals surface area contributed by atoms with E-state index in [0.717, 1.165) is 16.1 Å². The predicted molar refractivity (Wildman–Crippen MR) is 60.4 cm³/mol. The first kappa shape index (κ1) is 10.1. The topological polar surface area (TPSA) is 34.9 Å². The van der Waals surface area contributed by atoms with Crippen molar-refractivity contribution in [1.82, 2.24) is 9.78 Å². The van der Waals surface area contributed by atoms with Crippen molar-refractivity contribution >= 4 is 17.1 Å². The Morgan fingerprint density at radius 2 is 2.20 bits per heavy atom. The lowest BCUT2D eigenvalue weighted by Crippen LogP contribution is -2.07. The van der Waals surface area contributed by atoms with Gasteiger partial charge in [0.2, 0.25) is 5.78 Å². The molecule has 2 heterocycles. The smallest absolute Gasteiger partial charge is 0.221 e. The van der Waals surface area contributed by atoms with Crippen LogP contribution in [0.15, 0.2) is 17.5 Å². The molecule has 4 heteroatoms. The van der Waals surface area contributed by atoms with E-state index in [2.05, 4.69) is 5.10 Å². The molecule has 0 unspecified atom stereocenters. The van der Waals surface area contributed by atoms with Crippen LogP contribution in [0.4, 0.5) is 0 Å². The van der Waals surface area contributed by atoms with Crippen LogP contribution in [0, 0.1) is 13.8 Å². The molecule has 2 rings (SSSR count). The zero-order chi connectivity index (χ0) is 11.0. The largest absolute Gasteiger partial charge is 0.286 e. The van der Waals surface area contributed by atoms with Crippen LogP contribution < -0.4 is 0 Å². The molecule has 78 valence electrons. The predicted octanol–water partition coefficient (Wildman–Crippen LogP) is 2.33. The van der Waals surface area contributed by atoms with Crippen LogP contribution in [0.1, 0.15) is 26.6 Å². The maximum Gasteiger partial charge on any atom is 0.221 e. The molecule has 0 aliphatic heterocycles. The number of aromatic nitrogens is 2. The molecule has 0 saturated heterocycles. The lowest BCUT2D eigenvalue weighted by Gasteiger charge is -1.99. The van der Waals surface area contributed by atoms with E-state index in [-0.39, 0.29) is 5.78 Å². The van der Waals surface area contributed by atoms with Crippen LogP contribution in [-0.2, 0) is 7.05 Å². The zero-order valence-electron chi connectivity index (χ0n) is 8.94. The molecule has 0 atom stereocenters. The second-order valence-corrected chi connectivity index (χ2v) is 4.47. The number of ketones is 1. The Bertz CT molecular complexity index is 510. The highest BCUT2D eigenvalue weighted by molar-refractivity contribution is 7.12. The fourth-order valence-corrected chi connectivity index (χ4v) is 2.42. The van der Waals surface area contributed by atoms with E-state index in [1.54, 1.807) is 11.7 Å². The average molecular weight is 220 g/mol. The van der Waals surface area contributed by atoms with E-state index in [0.29, 0.717) is 5.69 Å². The van der Waals surface area contributed by atoms with E-state index in [1.807, 2.05) is 31.4 Å². The number of hydrogen-bond acceptors (Lipinski definition) is 3. The summed E-state index contributed by atoms with van der Waals surface area (Å²) in [7, 11) is 1.79. The number of carbonyl (C=O) groups excluding carboxylic acids is 1. The van der Waals surface area contributed by atoms with Gasteiger partial charge in [-0.25, -0.2) is 0 Å². The van der Waals surface area contributed by atoms with Gasteiger partial charge in [0, 0.05) is 7.05 Å². The maximum atomic E-state index is 12.1. The van der Waals surface area contributed by atoms with Crippen LogP contribution in [0.5, 0.6) is 0 Å². The lowest BCUT2D eigenvalue weighted by atomic mass is 10.2. The van der Waals surface area contributed by atoms with E-state index < -0.39 is 0 Å². The van der Waals surface area contributed by atoms with Crippen molar-refractivity contribution in [2.75, 3.05) is 0 Å². The Kier molecular flexibility index (Phi) is 2.44. The minimum Gasteiger partial charge on any atom is -0.286 e. The number of carbonyl (C=O) groups is 1. The molecular formula is C11H12N2OS. The summed E-state index contributed by atoms with van der Waals surface area (Å²) in [5.74, 6) is 0.0607. The summed E-state index contributed by atoms with van der Waals surface area (Å²) in [4.78, 5) is 12.9. The van der Waals surface area contributed by atoms with Gasteiger partial charge >= 0.3 is 0 Å². The molecule has 2 aromatic heterocycles. The fourth-order valence-electron chi connectivity index (χ4n) is 1.54. The minimum absolute atomic E-state index is 0.0607. The molecule has 0 radical (unpaired) electrons. The van der Waals surface area contributed by atoms with E-state index >= 15 is 0 Å². The Morgan fingerprint density at radius 1 is 1.47 bits per heavy atom. The number of rotatable bonds is 2. The molecule has 0 fully saturated rings. The molecule has 15 heavy (non-hydrogen) atoms. The number of nitrogens with zero attached hydrogens (tertiary/aromatic N) is 2. The minimum atomic E-state index is 0.0607. The van der Waals surface area contributed by atoms with Gasteiger partial charge in [-0.2, -0.15) is 5.10 Å². The highest BCUT2D eigenvalue weighted by Gasteiger charge is 2.16. The van der Waals surface area contributed by atoms with Crippen molar-refractivity contribution in [2.24, 2.45) is 7.05 Å². The third-order valence-corrected chi connectivity index (χ3v) is 3.32. The van der Waals surface area contributed by atoms with Crippen LogP contribution in [0.2, 0.25) is 0 Å². The monoisotopic (exact) mass is 220 g/mol. The van der Waals surface area contributed by atoms with Crippen LogP contribution in [0.3, 0.4) is 0 Å². The van der Waals surface area contributed by atoms with Gasteiger partial charge in [-0.15, -0.1) is 11.3 Å². The molecule has 3 nitrogen and oxygen atoms in total. The van der Waals surface area contributed by atoms with Gasteiger partial charge in [-0.1, -0.05) is 0 Å². The molecular weight excluding hydrogens is 208 g/mol. The second-order valence-electron chi connectivity index (χ2n) is 3.56. The van der Waals surface area contributed by atoms with Crippen molar-refractivity contribution < 1.29 is 4.79 Å². The maximum absolute atomic E-state index is 12.1. The molecule has 0 saturated carbocycles. The normalized spacial score (nSPS) is 10.6. The van der Waals surface area contributed by atoms with Crippen molar-refractivity contribution in [3.63, 3.8) is 0 Å². The van der Waals surface area contributed by atoms with Gasteiger partial charge in [-0.3, -0.25) is 9.48 Å². The van der Waals surface area contributed by atoms with Crippen LogP contribution in [-0.4, -0.2) is 15.6 Å². The standard InChI is InChI=1S/C11H12N2OS/c1-7-4-5-15-11(7)10(14)9-6-8(2)12-13(9)3/h4-6H,1-3H3. The number of hydrogen-bond donors (Lipinski definition) is 0. The van der Waals surface area contributed by atoms with Gasteiger partial charge in [0.15, 0.2) is 0 Å². The van der Waals surface area contributed by atoms with Gasteiger partial charge in [0.05, 0.1) is 10.6 Å². The second kappa shape index (κ2) is 3.62. The molecule has 0 aliphatic rings. The van der Waals surface area contributed by atoms with Crippen molar-refractivity contribution in [3.05, 3.63) is 39.3 Å². The summed E-state index contributed by atoms with van der Waals surface area (Å²) in [5, 5.41) is 6.11. The van der Waals surface area contributed by atoms with Gasteiger partial charge in [-0.05, 0) is 36.9 Å². The average Bonchev–Trinajstić information content (AvgIpc) is 2.71. The molecule has 0 spiro atoms. The third-order valence-electron chi connectivity index (χ3n) is 2.30. The summed E-state index contributed by atoms with van der Waals surface area (Å²) >= 11 is 1.48. The Morgan fingerprint density at radius 3 is 2.67 bits per heavy atom. The van der Waals surface area contributed by atoms with Gasteiger partial charge in [0.1, 0.15) is 5.69 Å². The highest BCUT2D eigenvalue weighted by atomic mass is 32.1. The molecule has 0 aliphatic carbocycles.